The van der Waals surface area contributed by atoms with E-state index in [0.29, 0.717) is 6.42 Å². The lowest BCUT2D eigenvalue weighted by atomic mass is 10.2. The second kappa shape index (κ2) is 5.44. The largest absolute Gasteiger partial charge is 0.416 e. The molecule has 0 aromatic heterocycles. The van der Waals surface area contributed by atoms with Crippen molar-refractivity contribution in [2.45, 2.75) is 45.0 Å². The van der Waals surface area contributed by atoms with Crippen molar-refractivity contribution in [1.29, 1.82) is 0 Å². The number of nitrogens with two attached hydrogens (primary N) is 1. The van der Waals surface area contributed by atoms with Crippen LogP contribution in [0.25, 0.3) is 0 Å². The summed E-state index contributed by atoms with van der Waals surface area (Å²) in [7, 11) is 0. The summed E-state index contributed by atoms with van der Waals surface area (Å²) in [5.41, 5.74) is 5.16. The van der Waals surface area contributed by atoms with E-state index < -0.39 is 18.3 Å². The number of halogens is 3. The van der Waals surface area contributed by atoms with Gasteiger partial charge >= 0.3 is 6.18 Å². The summed E-state index contributed by atoms with van der Waals surface area (Å²) in [6, 6.07) is -1.02. The summed E-state index contributed by atoms with van der Waals surface area (Å²) in [4.78, 5) is 0. The van der Waals surface area contributed by atoms with Crippen molar-refractivity contribution in [1.82, 2.24) is 0 Å². The van der Waals surface area contributed by atoms with Gasteiger partial charge in [0.2, 0.25) is 0 Å². The Morgan fingerprint density at radius 3 is 2.23 bits per heavy atom. The minimum absolute atomic E-state index is 0.113. The van der Waals surface area contributed by atoms with Crippen molar-refractivity contribution < 1.29 is 17.9 Å². The molecule has 0 aliphatic carbocycles. The number of hydrogen-bond acceptors (Lipinski definition) is 2. The van der Waals surface area contributed by atoms with Crippen LogP contribution in [0.15, 0.2) is 0 Å². The number of rotatable bonds is 5. The van der Waals surface area contributed by atoms with Crippen molar-refractivity contribution >= 4 is 0 Å². The van der Waals surface area contributed by atoms with Gasteiger partial charge in [-0.1, -0.05) is 13.3 Å². The van der Waals surface area contributed by atoms with Crippen molar-refractivity contribution in [3.05, 3.63) is 0 Å². The highest BCUT2D eigenvalue weighted by Crippen LogP contribution is 2.24. The monoisotopic (exact) mass is 199 g/mol. The van der Waals surface area contributed by atoms with E-state index >= 15 is 0 Å². The Morgan fingerprint density at radius 1 is 1.38 bits per heavy atom. The number of hydrogen-bond donors (Lipinski definition) is 1. The molecule has 2 nitrogen and oxygen atoms in total. The molecule has 0 saturated carbocycles. The fourth-order valence-corrected chi connectivity index (χ4v) is 0.899. The molecule has 0 heterocycles. The van der Waals surface area contributed by atoms with Crippen LogP contribution in [0.1, 0.15) is 26.7 Å². The Morgan fingerprint density at radius 2 is 1.92 bits per heavy atom. The third-order valence-corrected chi connectivity index (χ3v) is 1.60. The van der Waals surface area contributed by atoms with Crippen molar-refractivity contribution in [3.63, 3.8) is 0 Å². The van der Waals surface area contributed by atoms with Crippen LogP contribution in [0, 0.1) is 0 Å². The Hall–Kier alpha value is -0.290. The van der Waals surface area contributed by atoms with Gasteiger partial charge in [0.15, 0.2) is 6.10 Å². The summed E-state index contributed by atoms with van der Waals surface area (Å²) in [5, 5.41) is 0. The minimum Gasteiger partial charge on any atom is -0.367 e. The van der Waals surface area contributed by atoms with Crippen molar-refractivity contribution in [2.24, 2.45) is 5.73 Å². The maximum Gasteiger partial charge on any atom is 0.416 e. The first-order valence-corrected chi connectivity index (χ1v) is 4.33. The van der Waals surface area contributed by atoms with Crippen molar-refractivity contribution in [2.75, 3.05) is 6.61 Å². The van der Waals surface area contributed by atoms with Crippen LogP contribution < -0.4 is 5.73 Å². The van der Waals surface area contributed by atoms with Gasteiger partial charge in [0.05, 0.1) is 0 Å². The van der Waals surface area contributed by atoms with Gasteiger partial charge in [-0.2, -0.15) is 13.2 Å². The molecule has 0 aliphatic rings. The molecule has 0 aliphatic heterocycles. The van der Waals surface area contributed by atoms with Gasteiger partial charge in [-0.25, -0.2) is 0 Å². The zero-order valence-corrected chi connectivity index (χ0v) is 7.90. The van der Waals surface area contributed by atoms with Crippen LogP contribution in [0.3, 0.4) is 0 Å². The Balaban J connectivity index is 3.97. The molecule has 0 amide bonds. The van der Waals surface area contributed by atoms with Crippen LogP contribution in [0.4, 0.5) is 13.2 Å². The highest BCUT2D eigenvalue weighted by atomic mass is 19.4. The summed E-state index contributed by atoms with van der Waals surface area (Å²) < 4.78 is 41.2. The van der Waals surface area contributed by atoms with Crippen LogP contribution in [0.5, 0.6) is 0 Å². The summed E-state index contributed by atoms with van der Waals surface area (Å²) >= 11 is 0. The molecule has 2 N–H and O–H groups in total. The van der Waals surface area contributed by atoms with E-state index in [0.717, 1.165) is 6.42 Å². The molecule has 0 spiro atoms. The highest BCUT2D eigenvalue weighted by molar-refractivity contribution is 4.76. The summed E-state index contributed by atoms with van der Waals surface area (Å²) in [6.07, 6.45) is -4.76. The summed E-state index contributed by atoms with van der Waals surface area (Å²) in [5.74, 6) is 0. The molecule has 0 saturated heterocycles. The quantitative estimate of drug-likeness (QED) is 0.688. The predicted octanol–water partition coefficient (Wildman–Crippen LogP) is 2.08. The second-order valence-electron chi connectivity index (χ2n) is 3.05. The molecule has 0 bridgehead atoms. The number of ether oxygens (including phenoxy) is 1. The average Bonchev–Trinajstić information content (AvgIpc) is 1.94. The van der Waals surface area contributed by atoms with Gasteiger partial charge in [0, 0.05) is 12.6 Å². The zero-order valence-electron chi connectivity index (χ0n) is 7.90. The van der Waals surface area contributed by atoms with Gasteiger partial charge in [-0.15, -0.1) is 0 Å². The zero-order chi connectivity index (χ0) is 10.5. The van der Waals surface area contributed by atoms with Crippen LogP contribution in [-0.2, 0) is 4.74 Å². The van der Waals surface area contributed by atoms with Gasteiger partial charge < -0.3 is 10.5 Å². The Labute approximate surface area is 76.2 Å². The fourth-order valence-electron chi connectivity index (χ4n) is 0.899. The van der Waals surface area contributed by atoms with Crippen LogP contribution in [-0.4, -0.2) is 24.9 Å². The molecular weight excluding hydrogens is 183 g/mol. The normalized spacial score (nSPS) is 17.1. The summed E-state index contributed by atoms with van der Waals surface area (Å²) in [6.45, 7) is 3.30. The molecule has 0 aromatic rings. The molecule has 0 aromatic carbocycles. The van der Waals surface area contributed by atoms with E-state index in [1.807, 2.05) is 6.92 Å². The third-order valence-electron chi connectivity index (χ3n) is 1.60. The predicted molar refractivity (Wildman–Crippen MR) is 44.4 cm³/mol. The Bertz CT molecular complexity index is 136. The van der Waals surface area contributed by atoms with Crippen LogP contribution in [0.2, 0.25) is 0 Å². The first-order chi connectivity index (χ1) is 5.89. The van der Waals surface area contributed by atoms with Crippen LogP contribution >= 0.6 is 0 Å². The fraction of sp³-hybridized carbons (Fsp3) is 1.00. The molecule has 0 radical (unpaired) electrons. The first-order valence-electron chi connectivity index (χ1n) is 4.33. The highest BCUT2D eigenvalue weighted by Gasteiger charge is 2.42. The maximum atomic E-state index is 12.2. The van der Waals surface area contributed by atoms with Gasteiger partial charge in [-0.05, 0) is 13.3 Å². The Kier molecular flexibility index (Phi) is 5.32. The molecular formula is C8H16F3NO. The topological polar surface area (TPSA) is 35.2 Å². The van der Waals surface area contributed by atoms with E-state index in [-0.39, 0.29) is 6.61 Å². The standard InChI is InChI=1S/C8H16F3NO/c1-3-4-5-13-7(6(2)12)8(9,10)11/h6-7H,3-5,12H2,1-2H3. The number of unbranched alkanes of at least 4 members (excludes halogenated alkanes) is 1. The van der Waals surface area contributed by atoms with E-state index in [1.165, 1.54) is 6.92 Å². The molecule has 0 fully saturated rings. The smallest absolute Gasteiger partial charge is 0.367 e. The minimum atomic E-state index is -4.36. The molecule has 13 heavy (non-hydrogen) atoms. The van der Waals surface area contributed by atoms with E-state index in [4.69, 9.17) is 5.73 Å². The average molecular weight is 199 g/mol. The second-order valence-corrected chi connectivity index (χ2v) is 3.05. The first kappa shape index (κ1) is 12.7. The lowest BCUT2D eigenvalue weighted by Crippen LogP contribution is -2.45. The molecule has 2 unspecified atom stereocenters. The molecule has 80 valence electrons. The SMILES string of the molecule is CCCCOC(C(C)N)C(F)(F)F. The van der Waals surface area contributed by atoms with E-state index in [1.54, 1.807) is 0 Å². The number of alkyl halides is 3. The van der Waals surface area contributed by atoms with E-state index in [2.05, 4.69) is 4.74 Å². The van der Waals surface area contributed by atoms with Gasteiger partial charge in [-0.3, -0.25) is 0 Å². The van der Waals surface area contributed by atoms with E-state index in [9.17, 15) is 13.2 Å². The van der Waals surface area contributed by atoms with Crippen molar-refractivity contribution in [3.8, 4) is 0 Å². The lowest BCUT2D eigenvalue weighted by molar-refractivity contribution is -0.225. The molecule has 2 atom stereocenters. The molecule has 0 rings (SSSR count). The van der Waals surface area contributed by atoms with Gasteiger partial charge in [0.25, 0.3) is 0 Å². The lowest BCUT2D eigenvalue weighted by Gasteiger charge is -2.23. The van der Waals surface area contributed by atoms with Gasteiger partial charge in [0.1, 0.15) is 0 Å². The maximum absolute atomic E-state index is 12.2. The molecule has 5 heteroatoms. The third kappa shape index (κ3) is 5.10.